The minimum atomic E-state index is 0.000825. The van der Waals surface area contributed by atoms with Crippen LogP contribution in [-0.2, 0) is 23.1 Å². The number of fused-ring (bicyclic) bond motifs is 2. The Morgan fingerprint density at radius 1 is 1.06 bits per heavy atom. The molecule has 4 nitrogen and oxygen atoms in total. The number of nitrogens with two attached hydrogens (primary N) is 1. The molecule has 4 heteroatoms. The monoisotopic (exact) mass is 487 g/mol. The first-order valence-electron chi connectivity index (χ1n) is 14.9. The molecular formula is C32H45N3O+2. The minimum absolute atomic E-state index is 0.000825. The van der Waals surface area contributed by atoms with Gasteiger partial charge in [-0.25, -0.2) is 4.98 Å². The van der Waals surface area contributed by atoms with Crippen molar-refractivity contribution in [2.24, 2.45) is 11.8 Å². The second-order valence-corrected chi connectivity index (χ2v) is 12.1. The number of carbonyl (C=O) groups excluding carboxylic acids is 1. The van der Waals surface area contributed by atoms with Gasteiger partial charge in [-0.15, -0.1) is 0 Å². The molecule has 2 aromatic rings. The van der Waals surface area contributed by atoms with Gasteiger partial charge in [-0.2, -0.15) is 0 Å². The number of aromatic amines is 1. The molecule has 3 heterocycles. The van der Waals surface area contributed by atoms with Gasteiger partial charge in [0.15, 0.2) is 11.4 Å². The van der Waals surface area contributed by atoms with Crippen molar-refractivity contribution in [3.8, 4) is 0 Å². The highest BCUT2D eigenvalue weighted by Crippen LogP contribution is 2.45. The lowest BCUT2D eigenvalue weighted by Crippen LogP contribution is -2.82. The van der Waals surface area contributed by atoms with Gasteiger partial charge in [-0.05, 0) is 62.0 Å². The Morgan fingerprint density at radius 3 is 2.69 bits per heavy atom. The summed E-state index contributed by atoms with van der Waals surface area (Å²) in [6, 6.07) is 16.2. The standard InChI is InChI=1S/C32H43N3O/c1-2-26-15-16-27-29(34-26)14-9-18-32(27)22-33-21-28(32)31(36)35-19-17-25(23-10-5-3-6-11-23)20-30(35)24-12-7-4-8-13-24/h3,5-6,10-11,15-16,24-25,28,30,33H,2,4,7-9,12-14,17-22H2,1H3/p+2. The van der Waals surface area contributed by atoms with Crippen molar-refractivity contribution < 1.29 is 15.1 Å². The lowest BCUT2D eigenvalue weighted by Gasteiger charge is -2.47. The highest BCUT2D eigenvalue weighted by molar-refractivity contribution is 5.82. The van der Waals surface area contributed by atoms with Crippen molar-refractivity contribution in [1.82, 2.24) is 4.90 Å². The van der Waals surface area contributed by atoms with Crippen LogP contribution < -0.4 is 10.3 Å². The molecule has 1 aromatic carbocycles. The number of amides is 1. The summed E-state index contributed by atoms with van der Waals surface area (Å²) in [4.78, 5) is 20.8. The predicted molar refractivity (Wildman–Crippen MR) is 143 cm³/mol. The van der Waals surface area contributed by atoms with E-state index < -0.39 is 0 Å². The normalized spacial score (nSPS) is 30.9. The Balaban J connectivity index is 1.30. The molecule has 1 amide bonds. The largest absolute Gasteiger partial charge is 0.345 e. The molecule has 6 rings (SSSR count). The van der Waals surface area contributed by atoms with Crippen LogP contribution in [0.3, 0.4) is 0 Å². The zero-order valence-corrected chi connectivity index (χ0v) is 22.2. The van der Waals surface area contributed by atoms with Crippen molar-refractivity contribution in [1.29, 1.82) is 0 Å². The maximum atomic E-state index is 14.6. The number of hydrogen-bond acceptors (Lipinski definition) is 1. The third-order valence-corrected chi connectivity index (χ3v) is 10.3. The number of hydrogen-bond donors (Lipinski definition) is 1. The Bertz CT molecular complexity index is 1060. The van der Waals surface area contributed by atoms with Gasteiger partial charge in [0.2, 0.25) is 5.91 Å². The van der Waals surface area contributed by atoms with Crippen LogP contribution in [0.1, 0.15) is 93.1 Å². The van der Waals surface area contributed by atoms with Crippen molar-refractivity contribution in [2.45, 2.75) is 94.9 Å². The Hall–Kier alpha value is -2.20. The minimum Gasteiger partial charge on any atom is -0.345 e. The molecule has 4 aliphatic rings. The summed E-state index contributed by atoms with van der Waals surface area (Å²) in [5, 5.41) is 2.44. The number of quaternary nitrogens is 1. The van der Waals surface area contributed by atoms with E-state index in [1.165, 1.54) is 61.0 Å². The van der Waals surface area contributed by atoms with Crippen LogP contribution in [0.5, 0.6) is 0 Å². The second kappa shape index (κ2) is 10.3. The zero-order valence-electron chi connectivity index (χ0n) is 22.2. The van der Waals surface area contributed by atoms with Gasteiger partial charge in [-0.1, -0.05) is 56.5 Å². The van der Waals surface area contributed by atoms with E-state index in [1.807, 2.05) is 0 Å². The third kappa shape index (κ3) is 4.30. The van der Waals surface area contributed by atoms with Gasteiger partial charge in [0, 0.05) is 37.1 Å². The molecule has 3 N–H and O–H groups in total. The third-order valence-electron chi connectivity index (χ3n) is 10.3. The van der Waals surface area contributed by atoms with Gasteiger partial charge in [0.05, 0.1) is 18.5 Å². The first-order valence-corrected chi connectivity index (χ1v) is 14.9. The van der Waals surface area contributed by atoms with Crippen molar-refractivity contribution in [3.63, 3.8) is 0 Å². The summed E-state index contributed by atoms with van der Waals surface area (Å²) in [7, 11) is 0. The van der Waals surface area contributed by atoms with E-state index in [-0.39, 0.29) is 11.3 Å². The number of pyridine rings is 1. The molecule has 4 unspecified atom stereocenters. The lowest BCUT2D eigenvalue weighted by atomic mass is 9.64. The molecular weight excluding hydrogens is 442 g/mol. The van der Waals surface area contributed by atoms with E-state index in [1.54, 1.807) is 0 Å². The second-order valence-electron chi connectivity index (χ2n) is 12.1. The number of H-pyrrole nitrogens is 1. The Morgan fingerprint density at radius 2 is 1.89 bits per heavy atom. The van der Waals surface area contributed by atoms with E-state index in [9.17, 15) is 4.79 Å². The summed E-state index contributed by atoms with van der Waals surface area (Å²) >= 11 is 0. The topological polar surface area (TPSA) is 51.1 Å². The average Bonchev–Trinajstić information content (AvgIpc) is 3.37. The van der Waals surface area contributed by atoms with Crippen LogP contribution in [0.15, 0.2) is 42.5 Å². The lowest BCUT2D eigenvalue weighted by molar-refractivity contribution is -0.640. The molecule has 1 saturated carbocycles. The van der Waals surface area contributed by atoms with Gasteiger partial charge in [0.1, 0.15) is 5.92 Å². The fraction of sp³-hybridized carbons (Fsp3) is 0.625. The van der Waals surface area contributed by atoms with Gasteiger partial charge in [-0.3, -0.25) is 4.79 Å². The molecule has 2 aliphatic carbocycles. The molecule has 1 spiro atoms. The maximum absolute atomic E-state index is 14.6. The van der Waals surface area contributed by atoms with Gasteiger partial charge >= 0.3 is 0 Å². The van der Waals surface area contributed by atoms with E-state index in [0.717, 1.165) is 51.7 Å². The summed E-state index contributed by atoms with van der Waals surface area (Å²) < 4.78 is 0. The average molecular weight is 488 g/mol. The number of piperidine rings is 1. The highest BCUT2D eigenvalue weighted by atomic mass is 16.2. The maximum Gasteiger partial charge on any atom is 0.232 e. The number of rotatable bonds is 4. The number of aryl methyl sites for hydroxylation is 2. The number of nitrogens with zero attached hydrogens (tertiary/aromatic N) is 1. The fourth-order valence-electron chi connectivity index (χ4n) is 8.42. The molecule has 36 heavy (non-hydrogen) atoms. The van der Waals surface area contributed by atoms with E-state index in [2.05, 4.69) is 64.6 Å². The summed E-state index contributed by atoms with van der Waals surface area (Å²) in [5.41, 5.74) is 5.64. The summed E-state index contributed by atoms with van der Waals surface area (Å²) in [6.07, 6.45) is 13.4. The highest BCUT2D eigenvalue weighted by Gasteiger charge is 2.56. The van der Waals surface area contributed by atoms with Gasteiger partial charge < -0.3 is 10.2 Å². The van der Waals surface area contributed by atoms with Crippen molar-refractivity contribution in [2.75, 3.05) is 19.6 Å². The molecule has 0 bridgehead atoms. The van der Waals surface area contributed by atoms with Crippen LogP contribution in [0.4, 0.5) is 0 Å². The number of benzene rings is 1. The fourth-order valence-corrected chi connectivity index (χ4v) is 8.42. The van der Waals surface area contributed by atoms with Crippen LogP contribution in [-0.4, -0.2) is 36.5 Å². The first-order chi connectivity index (χ1) is 17.7. The summed E-state index contributed by atoms with van der Waals surface area (Å²) in [5.74, 6) is 1.84. The number of carbonyl (C=O) groups is 1. The smallest absolute Gasteiger partial charge is 0.232 e. The first kappa shape index (κ1) is 24.2. The van der Waals surface area contributed by atoms with E-state index in [4.69, 9.17) is 0 Å². The molecule has 4 atom stereocenters. The van der Waals surface area contributed by atoms with Crippen LogP contribution in [0.25, 0.3) is 0 Å². The molecule has 0 radical (unpaired) electrons. The summed E-state index contributed by atoms with van der Waals surface area (Å²) in [6.45, 7) is 5.16. The number of likely N-dealkylation sites (tertiary alicyclic amines) is 1. The van der Waals surface area contributed by atoms with Crippen LogP contribution >= 0.6 is 0 Å². The quantitative estimate of drug-likeness (QED) is 0.691. The predicted octanol–water partition coefficient (Wildman–Crippen LogP) is 4.19. The Kier molecular flexibility index (Phi) is 6.90. The van der Waals surface area contributed by atoms with Crippen LogP contribution in [0, 0.1) is 11.8 Å². The Labute approximate surface area is 217 Å². The molecule has 192 valence electrons. The molecule has 2 saturated heterocycles. The van der Waals surface area contributed by atoms with Crippen molar-refractivity contribution in [3.05, 3.63) is 65.0 Å². The molecule has 2 aliphatic heterocycles. The molecule has 3 fully saturated rings. The zero-order chi connectivity index (χ0) is 24.5. The number of aromatic nitrogens is 1. The van der Waals surface area contributed by atoms with Gasteiger partial charge in [0.25, 0.3) is 0 Å². The molecule has 1 aromatic heterocycles. The number of nitrogens with one attached hydrogen (secondary N) is 1. The van der Waals surface area contributed by atoms with E-state index >= 15 is 0 Å². The van der Waals surface area contributed by atoms with Crippen LogP contribution in [0.2, 0.25) is 0 Å². The van der Waals surface area contributed by atoms with Crippen molar-refractivity contribution >= 4 is 5.91 Å². The van der Waals surface area contributed by atoms with E-state index in [0.29, 0.717) is 23.8 Å². The SMILES string of the molecule is CCc1ccc2c([nH+]1)CCCC21C[NH2+]CC1C(=O)N1CCC(c2ccccc2)CC1C1CCCCC1.